The van der Waals surface area contributed by atoms with Crippen molar-refractivity contribution in [3.63, 3.8) is 0 Å². The monoisotopic (exact) mass is 409 g/mol. The van der Waals surface area contributed by atoms with E-state index in [1.54, 1.807) is 6.07 Å². The maximum atomic E-state index is 12.5. The van der Waals surface area contributed by atoms with Gasteiger partial charge in [0.1, 0.15) is 5.75 Å². The van der Waals surface area contributed by atoms with Crippen LogP contribution in [0.1, 0.15) is 41.3 Å². The lowest BCUT2D eigenvalue weighted by Crippen LogP contribution is -2.39. The lowest BCUT2D eigenvalue weighted by atomic mass is 9.96. The second-order valence-electron chi connectivity index (χ2n) is 7.83. The number of hydrogen-bond donors (Lipinski definition) is 2. The molecule has 2 aromatic rings. The molecule has 1 heterocycles. The molecule has 1 aliphatic heterocycles. The number of carbonyl (C=O) groups is 2. The van der Waals surface area contributed by atoms with Crippen molar-refractivity contribution in [1.29, 1.82) is 0 Å². The van der Waals surface area contributed by atoms with Gasteiger partial charge in [0.25, 0.3) is 5.91 Å². The Labute approximate surface area is 178 Å². The number of nitrogens with one attached hydrogen (secondary N) is 1. The molecule has 2 amide bonds. The number of nitrogens with zero attached hydrogens (tertiary/aromatic N) is 1. The number of primary amides is 1. The third-order valence-electron chi connectivity index (χ3n) is 5.66. The topological polar surface area (TPSA) is 84.7 Å². The Kier molecular flexibility index (Phi) is 7.46. The minimum atomic E-state index is -0.173. The average molecular weight is 410 g/mol. The molecule has 1 fully saturated rings. The van der Waals surface area contributed by atoms with Crippen molar-refractivity contribution in [3.8, 4) is 5.75 Å². The van der Waals surface area contributed by atoms with Crippen molar-refractivity contribution in [2.24, 2.45) is 11.7 Å². The smallest absolute Gasteiger partial charge is 0.255 e. The van der Waals surface area contributed by atoms with E-state index in [4.69, 9.17) is 10.5 Å². The van der Waals surface area contributed by atoms with Gasteiger partial charge in [-0.3, -0.25) is 9.59 Å². The Morgan fingerprint density at radius 2 is 1.83 bits per heavy atom. The Morgan fingerprint density at radius 1 is 1.13 bits per heavy atom. The molecule has 0 saturated carbocycles. The van der Waals surface area contributed by atoms with Crippen LogP contribution in [0.2, 0.25) is 0 Å². The van der Waals surface area contributed by atoms with E-state index in [-0.39, 0.29) is 17.7 Å². The van der Waals surface area contributed by atoms with Crippen molar-refractivity contribution in [3.05, 3.63) is 59.2 Å². The molecule has 1 aliphatic rings. The summed E-state index contributed by atoms with van der Waals surface area (Å²) in [7, 11) is 0. The summed E-state index contributed by atoms with van der Waals surface area (Å²) in [4.78, 5) is 26.2. The van der Waals surface area contributed by atoms with Gasteiger partial charge >= 0.3 is 0 Å². The van der Waals surface area contributed by atoms with Gasteiger partial charge in [-0.15, -0.1) is 0 Å². The first-order valence-electron chi connectivity index (χ1n) is 10.6. The number of benzene rings is 2. The second-order valence-corrected chi connectivity index (χ2v) is 7.83. The second kappa shape index (κ2) is 10.3. The van der Waals surface area contributed by atoms with Crippen molar-refractivity contribution in [2.75, 3.05) is 31.6 Å². The van der Waals surface area contributed by atoms with Crippen LogP contribution in [0.3, 0.4) is 0 Å². The van der Waals surface area contributed by atoms with Crippen LogP contribution in [0.25, 0.3) is 0 Å². The predicted molar refractivity (Wildman–Crippen MR) is 119 cm³/mol. The van der Waals surface area contributed by atoms with Crippen LogP contribution in [-0.2, 0) is 11.2 Å². The number of amides is 2. The summed E-state index contributed by atoms with van der Waals surface area (Å²) >= 11 is 0. The van der Waals surface area contributed by atoms with Crippen LogP contribution >= 0.6 is 0 Å². The van der Waals surface area contributed by atoms with Gasteiger partial charge in [-0.25, -0.2) is 0 Å². The fraction of sp³-hybridized carbons (Fsp3) is 0.417. The number of likely N-dealkylation sites (tertiary alicyclic amines) is 1. The zero-order valence-corrected chi connectivity index (χ0v) is 17.8. The van der Waals surface area contributed by atoms with Gasteiger partial charge in [-0.1, -0.05) is 12.1 Å². The van der Waals surface area contributed by atoms with Gasteiger partial charge < -0.3 is 20.7 Å². The zero-order chi connectivity index (χ0) is 21.5. The van der Waals surface area contributed by atoms with E-state index >= 15 is 0 Å². The summed E-state index contributed by atoms with van der Waals surface area (Å²) in [6.07, 6.45) is 2.64. The molecule has 30 heavy (non-hydrogen) atoms. The molecule has 3 rings (SSSR count). The minimum absolute atomic E-state index is 0.0308. The van der Waals surface area contributed by atoms with Crippen LogP contribution in [0.15, 0.2) is 42.5 Å². The number of nitrogens with two attached hydrogens (primary N) is 1. The molecule has 6 nitrogen and oxygen atoms in total. The Hall–Kier alpha value is -2.86. The van der Waals surface area contributed by atoms with Crippen LogP contribution in [-0.4, -0.2) is 43.0 Å². The normalized spacial score (nSPS) is 15.0. The molecular formula is C24H31N3O3. The summed E-state index contributed by atoms with van der Waals surface area (Å²) in [5, 5.41) is 2.95. The molecule has 3 N–H and O–H groups in total. The van der Waals surface area contributed by atoms with Crippen molar-refractivity contribution >= 4 is 17.5 Å². The van der Waals surface area contributed by atoms with Crippen molar-refractivity contribution < 1.29 is 14.3 Å². The Bertz CT molecular complexity index is 872. The third-order valence-corrected chi connectivity index (χ3v) is 5.66. The van der Waals surface area contributed by atoms with Crippen LogP contribution in [0, 0.1) is 12.8 Å². The van der Waals surface area contributed by atoms with E-state index < -0.39 is 0 Å². The predicted octanol–water partition coefficient (Wildman–Crippen LogP) is 3.39. The third kappa shape index (κ3) is 5.83. The largest absolute Gasteiger partial charge is 0.494 e. The summed E-state index contributed by atoms with van der Waals surface area (Å²) in [5.74, 6) is 0.527. The SMILES string of the molecule is CCOc1ccc(C(=O)Nc2ccc(CCN3CCC(C(N)=O)CC3)cc2)cc1C. The molecule has 0 aromatic heterocycles. The highest BCUT2D eigenvalue weighted by atomic mass is 16.5. The van der Waals surface area contributed by atoms with Crippen molar-refractivity contribution in [1.82, 2.24) is 4.90 Å². The van der Waals surface area contributed by atoms with Crippen LogP contribution < -0.4 is 15.8 Å². The number of rotatable bonds is 8. The summed E-state index contributed by atoms with van der Waals surface area (Å²) in [6, 6.07) is 13.4. The van der Waals surface area contributed by atoms with E-state index in [2.05, 4.69) is 22.3 Å². The number of aryl methyl sites for hydroxylation is 1. The average Bonchev–Trinajstić information content (AvgIpc) is 2.75. The lowest BCUT2D eigenvalue weighted by Gasteiger charge is -2.30. The Morgan fingerprint density at radius 3 is 2.43 bits per heavy atom. The summed E-state index contributed by atoms with van der Waals surface area (Å²) in [6.45, 7) is 7.28. The van der Waals surface area contributed by atoms with Gasteiger partial charge in [-0.2, -0.15) is 0 Å². The van der Waals surface area contributed by atoms with Gasteiger partial charge in [-0.05, 0) is 87.7 Å². The fourth-order valence-electron chi connectivity index (χ4n) is 3.79. The molecular weight excluding hydrogens is 378 g/mol. The van der Waals surface area contributed by atoms with E-state index in [0.717, 1.165) is 55.9 Å². The number of ether oxygens (including phenoxy) is 1. The van der Waals surface area contributed by atoms with Gasteiger partial charge in [0.05, 0.1) is 6.61 Å². The maximum absolute atomic E-state index is 12.5. The zero-order valence-electron chi connectivity index (χ0n) is 17.8. The number of piperidine rings is 1. The Balaban J connectivity index is 1.49. The summed E-state index contributed by atoms with van der Waals surface area (Å²) < 4.78 is 5.53. The fourth-order valence-corrected chi connectivity index (χ4v) is 3.79. The summed E-state index contributed by atoms with van der Waals surface area (Å²) in [5.41, 5.74) is 8.95. The molecule has 0 bridgehead atoms. The van der Waals surface area contributed by atoms with E-state index in [1.807, 2.05) is 38.1 Å². The number of carbonyl (C=O) groups excluding carboxylic acids is 2. The quantitative estimate of drug-likeness (QED) is 0.700. The first kappa shape index (κ1) is 21.8. The number of hydrogen-bond acceptors (Lipinski definition) is 4. The van der Waals surface area contributed by atoms with Crippen LogP contribution in [0.4, 0.5) is 5.69 Å². The van der Waals surface area contributed by atoms with Gasteiger partial charge in [0, 0.05) is 23.7 Å². The van der Waals surface area contributed by atoms with Crippen molar-refractivity contribution in [2.45, 2.75) is 33.1 Å². The minimum Gasteiger partial charge on any atom is -0.494 e. The van der Waals surface area contributed by atoms with Gasteiger partial charge in [0.15, 0.2) is 0 Å². The molecule has 160 valence electrons. The first-order valence-corrected chi connectivity index (χ1v) is 10.6. The highest BCUT2D eigenvalue weighted by Crippen LogP contribution is 2.21. The molecule has 0 spiro atoms. The molecule has 0 unspecified atom stereocenters. The first-order chi connectivity index (χ1) is 14.5. The highest BCUT2D eigenvalue weighted by molar-refractivity contribution is 6.04. The molecule has 0 radical (unpaired) electrons. The standard InChI is InChI=1S/C24H31N3O3/c1-3-30-22-9-6-20(16-17(22)2)24(29)26-21-7-4-18(5-8-21)10-13-27-14-11-19(12-15-27)23(25)28/h4-9,16,19H,3,10-15H2,1-2H3,(H2,25,28)(H,26,29). The van der Waals surface area contributed by atoms with E-state index in [9.17, 15) is 9.59 Å². The molecule has 2 aromatic carbocycles. The highest BCUT2D eigenvalue weighted by Gasteiger charge is 2.22. The molecule has 0 atom stereocenters. The van der Waals surface area contributed by atoms with Gasteiger partial charge in [0.2, 0.25) is 5.91 Å². The number of anilines is 1. The molecule has 0 aliphatic carbocycles. The molecule has 6 heteroatoms. The maximum Gasteiger partial charge on any atom is 0.255 e. The molecule has 1 saturated heterocycles. The van der Waals surface area contributed by atoms with Crippen LogP contribution in [0.5, 0.6) is 5.75 Å². The van der Waals surface area contributed by atoms with E-state index in [0.29, 0.717) is 12.2 Å². The lowest BCUT2D eigenvalue weighted by molar-refractivity contribution is -0.123. The van der Waals surface area contributed by atoms with E-state index in [1.165, 1.54) is 5.56 Å².